The van der Waals surface area contributed by atoms with Gasteiger partial charge in [-0.1, -0.05) is 24.8 Å². The maximum Gasteiger partial charge on any atom is 0.257 e. The molecule has 2 heterocycles. The number of H-pyrrole nitrogens is 1. The molecule has 1 aromatic heterocycles. The molecule has 3 rings (SSSR count). The van der Waals surface area contributed by atoms with Crippen LogP contribution in [0.5, 0.6) is 11.5 Å². The summed E-state index contributed by atoms with van der Waals surface area (Å²) in [5, 5.41) is 3.15. The number of nitrogens with one attached hydrogen (secondary N) is 2. The predicted octanol–water partition coefficient (Wildman–Crippen LogP) is 1.62. The molecule has 0 aliphatic carbocycles. The lowest BCUT2D eigenvalue weighted by Gasteiger charge is -2.25. The molecule has 2 aromatic rings. The number of nitrogens with zero attached hydrogens (tertiary/aromatic N) is 1. The van der Waals surface area contributed by atoms with Crippen molar-refractivity contribution in [3.05, 3.63) is 39.7 Å². The Morgan fingerprint density at radius 1 is 1.28 bits per heavy atom. The number of hydrogen-bond donors (Lipinski definition) is 3. The quantitative estimate of drug-likeness (QED) is 0.438. The monoisotopic (exact) mass is 418 g/mol. The van der Waals surface area contributed by atoms with Crippen LogP contribution in [0.2, 0.25) is 0 Å². The number of fused-ring (bicyclic) bond motifs is 1. The highest BCUT2D eigenvalue weighted by Crippen LogP contribution is 2.38. The smallest absolute Gasteiger partial charge is 0.257 e. The molecule has 1 aliphatic rings. The van der Waals surface area contributed by atoms with Gasteiger partial charge in [-0.3, -0.25) is 14.4 Å². The fourth-order valence-corrected chi connectivity index (χ4v) is 3.71. The summed E-state index contributed by atoms with van der Waals surface area (Å²) in [7, 11) is 0. The standard InChI is InChI=1S/C19H22N4O5S/c1-3-27-13-7-10(5-6-12(13)28-9-14(20)24)11-8-15(25)21-17-16(11)18(26)23-19(22-17)29-4-2/h5-7,11H,3-4,8-9H2,1-2H3,(H2,20,24)(H2,21,22,23,25,26). The molecule has 154 valence electrons. The van der Waals surface area contributed by atoms with Crippen molar-refractivity contribution < 1.29 is 19.1 Å². The van der Waals surface area contributed by atoms with Crippen molar-refractivity contribution >= 4 is 29.4 Å². The van der Waals surface area contributed by atoms with E-state index in [9.17, 15) is 14.4 Å². The minimum Gasteiger partial charge on any atom is -0.490 e. The van der Waals surface area contributed by atoms with Crippen LogP contribution in [0.3, 0.4) is 0 Å². The Balaban J connectivity index is 2.02. The van der Waals surface area contributed by atoms with Gasteiger partial charge in [0.25, 0.3) is 11.5 Å². The highest BCUT2D eigenvalue weighted by atomic mass is 32.2. The number of hydrogen-bond acceptors (Lipinski definition) is 7. The second kappa shape index (κ2) is 8.99. The van der Waals surface area contributed by atoms with Gasteiger partial charge in [-0.15, -0.1) is 0 Å². The van der Waals surface area contributed by atoms with E-state index in [1.54, 1.807) is 18.2 Å². The number of carbonyl (C=O) groups excluding carboxylic acids is 2. The Hall–Kier alpha value is -3.01. The van der Waals surface area contributed by atoms with Crippen molar-refractivity contribution in [2.24, 2.45) is 5.73 Å². The van der Waals surface area contributed by atoms with E-state index >= 15 is 0 Å². The molecule has 1 unspecified atom stereocenters. The zero-order chi connectivity index (χ0) is 21.0. The van der Waals surface area contributed by atoms with Crippen LogP contribution < -0.4 is 26.1 Å². The molecule has 1 atom stereocenters. The van der Waals surface area contributed by atoms with E-state index in [0.29, 0.717) is 34.4 Å². The normalized spacial score (nSPS) is 15.4. The van der Waals surface area contributed by atoms with Gasteiger partial charge in [-0.25, -0.2) is 4.98 Å². The number of thioether (sulfide) groups is 1. The molecule has 9 nitrogen and oxygen atoms in total. The van der Waals surface area contributed by atoms with Crippen molar-refractivity contribution in [2.45, 2.75) is 31.3 Å². The number of amides is 2. The van der Waals surface area contributed by atoms with Crippen molar-refractivity contribution in [2.75, 3.05) is 24.3 Å². The first-order valence-corrected chi connectivity index (χ1v) is 10.2. The zero-order valence-corrected chi connectivity index (χ0v) is 16.9. The lowest BCUT2D eigenvalue weighted by molar-refractivity contribution is -0.120. The molecule has 1 aliphatic heterocycles. The molecule has 1 aromatic carbocycles. The molecule has 2 amide bonds. The lowest BCUT2D eigenvalue weighted by Crippen LogP contribution is -2.31. The summed E-state index contributed by atoms with van der Waals surface area (Å²) in [5.74, 6) is 0.465. The van der Waals surface area contributed by atoms with Gasteiger partial charge in [0.05, 0.1) is 12.2 Å². The number of aromatic nitrogens is 2. The number of anilines is 1. The molecular formula is C19H22N4O5S. The van der Waals surface area contributed by atoms with Crippen LogP contribution in [0, 0.1) is 0 Å². The molecule has 0 saturated heterocycles. The topological polar surface area (TPSA) is 136 Å². The highest BCUT2D eigenvalue weighted by Gasteiger charge is 2.31. The summed E-state index contributed by atoms with van der Waals surface area (Å²) in [6.07, 6.45) is 0.102. The van der Waals surface area contributed by atoms with Crippen LogP contribution >= 0.6 is 11.8 Å². The van der Waals surface area contributed by atoms with Crippen molar-refractivity contribution in [3.8, 4) is 11.5 Å². The lowest BCUT2D eigenvalue weighted by atomic mass is 9.86. The van der Waals surface area contributed by atoms with Gasteiger partial charge < -0.3 is 25.5 Å². The molecular weight excluding hydrogens is 396 g/mol. The minimum absolute atomic E-state index is 0.102. The largest absolute Gasteiger partial charge is 0.490 e. The molecule has 0 radical (unpaired) electrons. The Bertz CT molecular complexity index is 991. The summed E-state index contributed by atoms with van der Waals surface area (Å²) >= 11 is 1.39. The predicted molar refractivity (Wildman–Crippen MR) is 109 cm³/mol. The number of rotatable bonds is 8. The Kier molecular flexibility index (Phi) is 6.42. The number of carbonyl (C=O) groups is 2. The number of nitrogens with two attached hydrogens (primary N) is 1. The first-order chi connectivity index (χ1) is 13.9. The molecule has 0 saturated carbocycles. The number of aromatic amines is 1. The van der Waals surface area contributed by atoms with E-state index in [2.05, 4.69) is 15.3 Å². The van der Waals surface area contributed by atoms with Crippen LogP contribution in [0.25, 0.3) is 0 Å². The third-order valence-electron chi connectivity index (χ3n) is 4.25. The van der Waals surface area contributed by atoms with E-state index in [1.807, 2.05) is 13.8 Å². The van der Waals surface area contributed by atoms with Gasteiger partial charge in [0.2, 0.25) is 5.91 Å². The maximum absolute atomic E-state index is 12.7. The Morgan fingerprint density at radius 3 is 2.76 bits per heavy atom. The summed E-state index contributed by atoms with van der Waals surface area (Å²) in [6.45, 7) is 3.85. The summed E-state index contributed by atoms with van der Waals surface area (Å²) < 4.78 is 11.0. The van der Waals surface area contributed by atoms with E-state index in [4.69, 9.17) is 15.2 Å². The average molecular weight is 418 g/mol. The van der Waals surface area contributed by atoms with Crippen LogP contribution in [-0.4, -0.2) is 40.7 Å². The summed E-state index contributed by atoms with van der Waals surface area (Å²) in [5.41, 5.74) is 5.95. The van der Waals surface area contributed by atoms with E-state index in [-0.39, 0.29) is 30.3 Å². The van der Waals surface area contributed by atoms with Crippen molar-refractivity contribution in [1.29, 1.82) is 0 Å². The SMILES string of the molecule is CCOc1cc(C2CC(=O)Nc3nc(SCC)[nH]c(=O)c32)ccc1OCC(N)=O. The van der Waals surface area contributed by atoms with E-state index in [0.717, 1.165) is 5.75 Å². The van der Waals surface area contributed by atoms with E-state index in [1.165, 1.54) is 11.8 Å². The van der Waals surface area contributed by atoms with Gasteiger partial charge in [-0.05, 0) is 30.4 Å². The first-order valence-electron chi connectivity index (χ1n) is 9.17. The van der Waals surface area contributed by atoms with Gasteiger partial charge in [-0.2, -0.15) is 0 Å². The maximum atomic E-state index is 12.7. The summed E-state index contributed by atoms with van der Waals surface area (Å²) in [4.78, 5) is 43.2. The van der Waals surface area contributed by atoms with Gasteiger partial charge in [0.15, 0.2) is 23.3 Å². The van der Waals surface area contributed by atoms with Crippen LogP contribution in [-0.2, 0) is 9.59 Å². The number of benzene rings is 1. The second-order valence-corrected chi connectivity index (χ2v) is 7.52. The third-order valence-corrected chi connectivity index (χ3v) is 5.01. The highest BCUT2D eigenvalue weighted by molar-refractivity contribution is 7.99. The summed E-state index contributed by atoms with van der Waals surface area (Å²) in [6, 6.07) is 5.08. The van der Waals surface area contributed by atoms with Crippen molar-refractivity contribution in [1.82, 2.24) is 9.97 Å². The molecule has 0 spiro atoms. The zero-order valence-electron chi connectivity index (χ0n) is 16.1. The van der Waals surface area contributed by atoms with Gasteiger partial charge in [0, 0.05) is 12.3 Å². The Morgan fingerprint density at radius 2 is 2.07 bits per heavy atom. The first kappa shape index (κ1) is 20.7. The third kappa shape index (κ3) is 4.70. The van der Waals surface area contributed by atoms with Gasteiger partial charge >= 0.3 is 0 Å². The Labute approximate surface area is 171 Å². The average Bonchev–Trinajstić information content (AvgIpc) is 2.66. The fourth-order valence-electron chi connectivity index (χ4n) is 3.12. The molecule has 4 N–H and O–H groups in total. The number of ether oxygens (including phenoxy) is 2. The van der Waals surface area contributed by atoms with Crippen molar-refractivity contribution in [3.63, 3.8) is 0 Å². The molecule has 0 bridgehead atoms. The van der Waals surface area contributed by atoms with Crippen LogP contribution in [0.4, 0.5) is 5.82 Å². The molecule has 29 heavy (non-hydrogen) atoms. The molecule has 0 fully saturated rings. The number of primary amides is 1. The van der Waals surface area contributed by atoms with Crippen LogP contribution in [0.15, 0.2) is 28.2 Å². The van der Waals surface area contributed by atoms with Gasteiger partial charge in [0.1, 0.15) is 5.82 Å². The minimum atomic E-state index is -0.604. The fraction of sp³-hybridized carbons (Fsp3) is 0.368. The molecule has 10 heteroatoms. The second-order valence-electron chi connectivity index (χ2n) is 6.27. The van der Waals surface area contributed by atoms with Crippen LogP contribution in [0.1, 0.15) is 37.3 Å². The van der Waals surface area contributed by atoms with E-state index < -0.39 is 11.8 Å².